The Kier molecular flexibility index (Phi) is 2.81. The molecule has 1 aliphatic heterocycles. The monoisotopic (exact) mass is 209 g/mol. The van der Waals surface area contributed by atoms with Crippen molar-refractivity contribution in [3.8, 4) is 0 Å². The molecule has 1 aliphatic carbocycles. The Hall–Kier alpha value is -0.860. The van der Waals surface area contributed by atoms with Crippen LogP contribution in [0.3, 0.4) is 0 Å². The van der Waals surface area contributed by atoms with Gasteiger partial charge in [-0.05, 0) is 19.3 Å². The fraction of sp³-hybridized carbons (Fsp3) is 0.833. The predicted molar refractivity (Wildman–Crippen MR) is 57.4 cm³/mol. The van der Waals surface area contributed by atoms with Crippen LogP contribution in [0.4, 0.5) is 0 Å². The maximum atomic E-state index is 12.2. The summed E-state index contributed by atoms with van der Waals surface area (Å²) in [5, 5.41) is 0. The highest BCUT2D eigenvalue weighted by molar-refractivity contribution is 5.89. The summed E-state index contributed by atoms with van der Waals surface area (Å²) in [5.41, 5.74) is -0.169. The highest BCUT2D eigenvalue weighted by Crippen LogP contribution is 2.39. The molecule has 2 fully saturated rings. The van der Waals surface area contributed by atoms with Gasteiger partial charge in [-0.2, -0.15) is 0 Å². The molecule has 0 atom stereocenters. The number of ketones is 1. The van der Waals surface area contributed by atoms with Gasteiger partial charge in [-0.25, -0.2) is 0 Å². The smallest absolute Gasteiger partial charge is 0.228 e. The fourth-order valence-corrected chi connectivity index (χ4v) is 2.76. The molecule has 0 aromatic rings. The molecule has 1 saturated carbocycles. The topological polar surface area (TPSA) is 37.4 Å². The van der Waals surface area contributed by atoms with E-state index in [2.05, 4.69) is 6.92 Å². The van der Waals surface area contributed by atoms with Crippen LogP contribution in [-0.4, -0.2) is 29.7 Å². The number of rotatable bonds is 1. The average Bonchev–Trinajstić information content (AvgIpc) is 2.65. The van der Waals surface area contributed by atoms with Gasteiger partial charge < -0.3 is 4.90 Å². The zero-order chi connectivity index (χ0) is 10.9. The summed E-state index contributed by atoms with van der Waals surface area (Å²) in [6.45, 7) is 3.19. The Morgan fingerprint density at radius 3 is 2.53 bits per heavy atom. The molecule has 15 heavy (non-hydrogen) atoms. The summed E-state index contributed by atoms with van der Waals surface area (Å²) < 4.78 is 0. The van der Waals surface area contributed by atoms with Crippen molar-refractivity contribution >= 4 is 11.7 Å². The Morgan fingerprint density at radius 2 is 1.93 bits per heavy atom. The molecule has 1 saturated heterocycles. The number of piperidine rings is 1. The van der Waals surface area contributed by atoms with E-state index in [0.29, 0.717) is 13.0 Å². The number of hydrogen-bond donors (Lipinski definition) is 0. The molecule has 0 aromatic carbocycles. The molecule has 0 unspecified atom stereocenters. The summed E-state index contributed by atoms with van der Waals surface area (Å²) in [7, 11) is 0. The first-order valence-electron chi connectivity index (χ1n) is 5.93. The standard InChI is InChI=1S/C12H19NO2/c1-12(6-2-3-7-12)11(15)13-8-4-5-10(14)9-13/h2-9H2,1H3. The first kappa shape index (κ1) is 10.7. The minimum absolute atomic E-state index is 0.169. The minimum Gasteiger partial charge on any atom is -0.335 e. The van der Waals surface area contributed by atoms with E-state index in [0.717, 1.165) is 38.6 Å². The van der Waals surface area contributed by atoms with Gasteiger partial charge in [0.2, 0.25) is 5.91 Å². The van der Waals surface area contributed by atoms with Crippen LogP contribution in [0.25, 0.3) is 0 Å². The van der Waals surface area contributed by atoms with E-state index in [1.54, 1.807) is 4.90 Å². The van der Waals surface area contributed by atoms with Gasteiger partial charge in [0.25, 0.3) is 0 Å². The van der Waals surface area contributed by atoms with E-state index in [1.165, 1.54) is 0 Å². The number of amides is 1. The van der Waals surface area contributed by atoms with Gasteiger partial charge in [0, 0.05) is 18.4 Å². The number of Topliss-reactive ketones (excluding diaryl/α,β-unsaturated/α-hetero) is 1. The minimum atomic E-state index is -0.169. The maximum Gasteiger partial charge on any atom is 0.228 e. The fourth-order valence-electron chi connectivity index (χ4n) is 2.76. The van der Waals surface area contributed by atoms with Crippen LogP contribution in [0.1, 0.15) is 45.4 Å². The summed E-state index contributed by atoms with van der Waals surface area (Å²) in [6, 6.07) is 0. The zero-order valence-corrected chi connectivity index (χ0v) is 9.42. The van der Waals surface area contributed by atoms with E-state index in [1.807, 2.05) is 0 Å². The second kappa shape index (κ2) is 3.95. The van der Waals surface area contributed by atoms with Crippen molar-refractivity contribution in [3.63, 3.8) is 0 Å². The van der Waals surface area contributed by atoms with Crippen LogP contribution in [0.2, 0.25) is 0 Å². The molecular weight excluding hydrogens is 190 g/mol. The zero-order valence-electron chi connectivity index (χ0n) is 9.42. The second-order valence-electron chi connectivity index (χ2n) is 5.14. The van der Waals surface area contributed by atoms with Crippen molar-refractivity contribution in [2.45, 2.75) is 45.4 Å². The molecule has 2 rings (SSSR count). The Labute approximate surface area is 90.8 Å². The molecule has 3 nitrogen and oxygen atoms in total. The summed E-state index contributed by atoms with van der Waals surface area (Å²) in [6.07, 6.45) is 5.81. The molecule has 0 N–H and O–H groups in total. The van der Waals surface area contributed by atoms with E-state index in [4.69, 9.17) is 0 Å². The third-order valence-corrected chi connectivity index (χ3v) is 3.76. The molecule has 0 radical (unpaired) electrons. The highest BCUT2D eigenvalue weighted by Gasteiger charge is 2.39. The average molecular weight is 209 g/mol. The normalized spacial score (nSPS) is 25.7. The second-order valence-corrected chi connectivity index (χ2v) is 5.14. The highest BCUT2D eigenvalue weighted by atomic mass is 16.2. The molecule has 3 heteroatoms. The predicted octanol–water partition coefficient (Wildman–Crippen LogP) is 1.76. The summed E-state index contributed by atoms with van der Waals surface area (Å²) >= 11 is 0. The Bertz CT molecular complexity index is 279. The first-order chi connectivity index (χ1) is 7.12. The van der Waals surface area contributed by atoms with Crippen LogP contribution >= 0.6 is 0 Å². The molecule has 0 aromatic heterocycles. The van der Waals surface area contributed by atoms with Crippen molar-refractivity contribution in [3.05, 3.63) is 0 Å². The Morgan fingerprint density at radius 1 is 1.27 bits per heavy atom. The molecule has 0 spiro atoms. The first-order valence-corrected chi connectivity index (χ1v) is 5.93. The molecule has 0 bridgehead atoms. The summed E-state index contributed by atoms with van der Waals surface area (Å²) in [4.78, 5) is 25.3. The van der Waals surface area contributed by atoms with Crippen LogP contribution < -0.4 is 0 Å². The van der Waals surface area contributed by atoms with Crippen LogP contribution in [0.5, 0.6) is 0 Å². The molecule has 2 aliphatic rings. The number of hydrogen-bond acceptors (Lipinski definition) is 2. The van der Waals surface area contributed by atoms with Gasteiger partial charge in [-0.15, -0.1) is 0 Å². The van der Waals surface area contributed by atoms with Gasteiger partial charge in [-0.1, -0.05) is 19.8 Å². The SMILES string of the molecule is CC1(C(=O)N2CCCC(=O)C2)CCCC1. The van der Waals surface area contributed by atoms with Crippen molar-refractivity contribution < 1.29 is 9.59 Å². The lowest BCUT2D eigenvalue weighted by Crippen LogP contribution is -2.46. The van der Waals surface area contributed by atoms with Crippen molar-refractivity contribution in [2.75, 3.05) is 13.1 Å². The van der Waals surface area contributed by atoms with Gasteiger partial charge >= 0.3 is 0 Å². The maximum absolute atomic E-state index is 12.2. The lowest BCUT2D eigenvalue weighted by atomic mass is 9.86. The van der Waals surface area contributed by atoms with Crippen molar-refractivity contribution in [1.29, 1.82) is 0 Å². The van der Waals surface area contributed by atoms with E-state index < -0.39 is 0 Å². The number of carbonyl (C=O) groups is 2. The van der Waals surface area contributed by atoms with Gasteiger partial charge in [0.05, 0.1) is 6.54 Å². The van der Waals surface area contributed by atoms with Crippen LogP contribution in [0, 0.1) is 5.41 Å². The van der Waals surface area contributed by atoms with Crippen molar-refractivity contribution in [1.82, 2.24) is 4.90 Å². The summed E-state index contributed by atoms with van der Waals surface area (Å²) in [5.74, 6) is 0.434. The van der Waals surface area contributed by atoms with Gasteiger partial charge in [-0.3, -0.25) is 9.59 Å². The van der Waals surface area contributed by atoms with E-state index in [9.17, 15) is 9.59 Å². The van der Waals surface area contributed by atoms with Gasteiger partial charge in [0.1, 0.15) is 0 Å². The Balaban J connectivity index is 2.03. The molecule has 1 heterocycles. The quantitative estimate of drug-likeness (QED) is 0.660. The molecule has 84 valence electrons. The number of nitrogens with zero attached hydrogens (tertiary/aromatic N) is 1. The third-order valence-electron chi connectivity index (χ3n) is 3.76. The number of carbonyl (C=O) groups excluding carboxylic acids is 2. The molecular formula is C12H19NO2. The number of likely N-dealkylation sites (tertiary alicyclic amines) is 1. The van der Waals surface area contributed by atoms with E-state index in [-0.39, 0.29) is 17.1 Å². The van der Waals surface area contributed by atoms with Crippen LogP contribution in [0.15, 0.2) is 0 Å². The lowest BCUT2D eigenvalue weighted by Gasteiger charge is -2.33. The lowest BCUT2D eigenvalue weighted by molar-refractivity contribution is -0.145. The van der Waals surface area contributed by atoms with Crippen molar-refractivity contribution in [2.24, 2.45) is 5.41 Å². The molecule has 1 amide bonds. The third kappa shape index (κ3) is 2.06. The van der Waals surface area contributed by atoms with Crippen LogP contribution in [-0.2, 0) is 9.59 Å². The largest absolute Gasteiger partial charge is 0.335 e. The van der Waals surface area contributed by atoms with E-state index >= 15 is 0 Å². The van der Waals surface area contributed by atoms with Gasteiger partial charge in [0.15, 0.2) is 5.78 Å².